The summed E-state index contributed by atoms with van der Waals surface area (Å²) < 4.78 is 38.5. The molecular formula is C18H23F2N5O2. The predicted molar refractivity (Wildman–Crippen MR) is 99.1 cm³/mol. The molecule has 9 heteroatoms. The molecule has 1 aliphatic heterocycles. The number of nitrogens with zero attached hydrogens (tertiary/aromatic N) is 3. The second-order valence-electron chi connectivity index (χ2n) is 6.73. The highest BCUT2D eigenvalue weighted by Crippen LogP contribution is 2.32. The monoisotopic (exact) mass is 379 g/mol. The number of anilines is 2. The lowest BCUT2D eigenvalue weighted by atomic mass is 10.0. The van der Waals surface area contributed by atoms with Crippen LogP contribution in [0.5, 0.6) is 5.75 Å². The van der Waals surface area contributed by atoms with Gasteiger partial charge in [-0.25, -0.2) is 8.78 Å². The molecule has 7 nitrogen and oxygen atoms in total. The minimum absolute atomic E-state index is 0.144. The molecule has 0 spiro atoms. The maximum atomic E-state index is 13.1. The molecule has 1 aromatic carbocycles. The molecule has 2 heterocycles. The molecule has 3 N–H and O–H groups in total. The summed E-state index contributed by atoms with van der Waals surface area (Å²) in [4.78, 5) is 1.48. The summed E-state index contributed by atoms with van der Waals surface area (Å²) in [5.41, 5.74) is 7.58. The molecule has 1 saturated heterocycles. The summed E-state index contributed by atoms with van der Waals surface area (Å²) in [6.07, 6.45) is -0.156. The third-order valence-electron chi connectivity index (χ3n) is 4.32. The first kappa shape index (κ1) is 19.1. The van der Waals surface area contributed by atoms with Gasteiger partial charge >= 0.3 is 0 Å². The number of nitrogens with one attached hydrogen (secondary N) is 1. The summed E-state index contributed by atoms with van der Waals surface area (Å²) in [5.74, 6) is -1.69. The van der Waals surface area contributed by atoms with Gasteiger partial charge in [0.2, 0.25) is 0 Å². The average Bonchev–Trinajstić information content (AvgIpc) is 2.95. The summed E-state index contributed by atoms with van der Waals surface area (Å²) in [6, 6.07) is 6.72. The van der Waals surface area contributed by atoms with Gasteiger partial charge in [-0.05, 0) is 25.1 Å². The number of hydrogen-bond acceptors (Lipinski definition) is 6. The molecule has 1 fully saturated rings. The first-order chi connectivity index (χ1) is 12.7. The van der Waals surface area contributed by atoms with Crippen LogP contribution < -0.4 is 15.4 Å². The van der Waals surface area contributed by atoms with Gasteiger partial charge in [-0.15, -0.1) is 0 Å². The van der Waals surface area contributed by atoms with Gasteiger partial charge in [0.25, 0.3) is 5.92 Å². The molecule has 0 unspecified atom stereocenters. The fraction of sp³-hybridized carbons (Fsp3) is 0.444. The summed E-state index contributed by atoms with van der Waals surface area (Å²) >= 11 is 0. The van der Waals surface area contributed by atoms with Crippen LogP contribution in [0, 0.1) is 5.41 Å². The van der Waals surface area contributed by atoms with Crippen LogP contribution in [0.1, 0.15) is 18.2 Å². The average molecular weight is 379 g/mol. The lowest BCUT2D eigenvalue weighted by Gasteiger charge is -2.38. The van der Waals surface area contributed by atoms with Crippen LogP contribution in [0.2, 0.25) is 0 Å². The van der Waals surface area contributed by atoms with E-state index >= 15 is 0 Å². The molecular weight excluding hydrogens is 356 g/mol. The SMILES string of the molecule is COC[C@H](C)Oc1ccc(N)c(C(=N)c2cc(N3CC(F)(F)C3)nn2C)c1. The Kier molecular flexibility index (Phi) is 5.05. The van der Waals surface area contributed by atoms with Gasteiger partial charge in [-0.3, -0.25) is 10.1 Å². The highest BCUT2D eigenvalue weighted by Gasteiger charge is 2.45. The number of alkyl halides is 2. The molecule has 3 rings (SSSR count). The fourth-order valence-corrected chi connectivity index (χ4v) is 2.98. The summed E-state index contributed by atoms with van der Waals surface area (Å²) in [5, 5.41) is 12.8. The van der Waals surface area contributed by atoms with Gasteiger partial charge in [0.15, 0.2) is 5.82 Å². The van der Waals surface area contributed by atoms with Crippen molar-refractivity contribution in [3.63, 3.8) is 0 Å². The van der Waals surface area contributed by atoms with E-state index in [2.05, 4.69) is 5.10 Å². The van der Waals surface area contributed by atoms with Crippen LogP contribution in [0.4, 0.5) is 20.3 Å². The van der Waals surface area contributed by atoms with Crippen LogP contribution in [0.15, 0.2) is 24.3 Å². The minimum Gasteiger partial charge on any atom is -0.488 e. The third-order valence-corrected chi connectivity index (χ3v) is 4.32. The molecule has 0 amide bonds. The lowest BCUT2D eigenvalue weighted by Crippen LogP contribution is -2.56. The number of aryl methyl sites for hydroxylation is 1. The smallest absolute Gasteiger partial charge is 0.282 e. The van der Waals surface area contributed by atoms with E-state index in [1.54, 1.807) is 38.4 Å². The van der Waals surface area contributed by atoms with Gasteiger partial charge in [0.1, 0.15) is 11.9 Å². The Morgan fingerprint density at radius 1 is 1.37 bits per heavy atom. The van der Waals surface area contributed by atoms with Crippen molar-refractivity contribution in [1.82, 2.24) is 9.78 Å². The number of methoxy groups -OCH3 is 1. The van der Waals surface area contributed by atoms with E-state index in [0.29, 0.717) is 35.1 Å². The molecule has 1 aromatic heterocycles. The fourth-order valence-electron chi connectivity index (χ4n) is 2.98. The van der Waals surface area contributed by atoms with Gasteiger partial charge in [0.05, 0.1) is 31.1 Å². The Hall–Kier alpha value is -2.68. The zero-order chi connectivity index (χ0) is 19.8. The molecule has 0 bridgehead atoms. The van der Waals surface area contributed by atoms with E-state index < -0.39 is 5.92 Å². The van der Waals surface area contributed by atoms with Gasteiger partial charge < -0.3 is 20.1 Å². The van der Waals surface area contributed by atoms with Crippen LogP contribution in [-0.2, 0) is 11.8 Å². The molecule has 0 saturated carbocycles. The van der Waals surface area contributed by atoms with Crippen molar-refractivity contribution >= 4 is 17.2 Å². The first-order valence-electron chi connectivity index (χ1n) is 8.51. The van der Waals surface area contributed by atoms with Crippen molar-refractivity contribution < 1.29 is 18.3 Å². The highest BCUT2D eigenvalue weighted by atomic mass is 19.3. The maximum absolute atomic E-state index is 13.1. The van der Waals surface area contributed by atoms with Crippen molar-refractivity contribution in [3.8, 4) is 5.75 Å². The molecule has 0 aliphatic carbocycles. The van der Waals surface area contributed by atoms with E-state index in [9.17, 15) is 8.78 Å². The van der Waals surface area contributed by atoms with E-state index in [4.69, 9.17) is 20.6 Å². The van der Waals surface area contributed by atoms with Crippen molar-refractivity contribution in [3.05, 3.63) is 35.5 Å². The van der Waals surface area contributed by atoms with Crippen LogP contribution >= 0.6 is 0 Å². The molecule has 1 atom stereocenters. The van der Waals surface area contributed by atoms with Crippen LogP contribution in [-0.4, -0.2) is 54.3 Å². The van der Waals surface area contributed by atoms with Gasteiger partial charge in [0, 0.05) is 31.5 Å². The lowest BCUT2D eigenvalue weighted by molar-refractivity contribution is -0.0267. The highest BCUT2D eigenvalue weighted by molar-refractivity contribution is 6.13. The minimum atomic E-state index is -2.68. The second-order valence-corrected chi connectivity index (χ2v) is 6.73. The summed E-state index contributed by atoms with van der Waals surface area (Å²) in [6.45, 7) is 1.59. The van der Waals surface area contributed by atoms with E-state index in [1.807, 2.05) is 6.92 Å². The predicted octanol–water partition coefficient (Wildman–Crippen LogP) is 2.29. The Morgan fingerprint density at radius 3 is 2.70 bits per heavy atom. The number of ether oxygens (including phenoxy) is 2. The van der Waals surface area contributed by atoms with Gasteiger partial charge in [-0.1, -0.05) is 0 Å². The Labute approximate surface area is 156 Å². The van der Waals surface area contributed by atoms with Crippen LogP contribution in [0.3, 0.4) is 0 Å². The standard InChI is InChI=1S/C18H23F2N5O2/c1-11(8-26-3)27-12-4-5-14(21)13(6-12)17(22)15-7-16(23-24(15)2)25-9-18(19,20)10-25/h4-7,11,22H,8-10,21H2,1-3H3/t11-/m0/s1. The quantitative estimate of drug-likeness (QED) is 0.569. The number of nitrogens with two attached hydrogens (primary N) is 1. The zero-order valence-corrected chi connectivity index (χ0v) is 15.5. The number of benzene rings is 1. The molecule has 0 radical (unpaired) electrons. The van der Waals surface area contributed by atoms with E-state index in [0.717, 1.165) is 0 Å². The van der Waals surface area contributed by atoms with Crippen LogP contribution in [0.25, 0.3) is 0 Å². The number of aromatic nitrogens is 2. The van der Waals surface area contributed by atoms with E-state index in [-0.39, 0.29) is 24.9 Å². The molecule has 2 aromatic rings. The Balaban J connectivity index is 1.82. The molecule has 27 heavy (non-hydrogen) atoms. The third kappa shape index (κ3) is 4.02. The maximum Gasteiger partial charge on any atom is 0.282 e. The largest absolute Gasteiger partial charge is 0.488 e. The van der Waals surface area contributed by atoms with Crippen molar-refractivity contribution in [1.29, 1.82) is 5.41 Å². The van der Waals surface area contributed by atoms with Crippen molar-refractivity contribution in [2.24, 2.45) is 7.05 Å². The number of rotatable bonds is 7. The normalized spacial score (nSPS) is 16.7. The number of nitrogen functional groups attached to an aromatic ring is 1. The topological polar surface area (TPSA) is 89.4 Å². The molecule has 146 valence electrons. The molecule has 1 aliphatic rings. The number of halogens is 2. The number of hydrogen-bond donors (Lipinski definition) is 2. The zero-order valence-electron chi connectivity index (χ0n) is 15.5. The first-order valence-corrected chi connectivity index (χ1v) is 8.51. The Morgan fingerprint density at radius 2 is 2.07 bits per heavy atom. The van der Waals surface area contributed by atoms with E-state index in [1.165, 1.54) is 9.58 Å². The van der Waals surface area contributed by atoms with Crippen molar-refractivity contribution in [2.45, 2.75) is 19.0 Å². The van der Waals surface area contributed by atoms with Gasteiger partial charge in [-0.2, -0.15) is 5.10 Å². The van der Waals surface area contributed by atoms with Crippen molar-refractivity contribution in [2.75, 3.05) is 37.4 Å². The second kappa shape index (κ2) is 7.15. The Bertz CT molecular complexity index is 844. The summed E-state index contributed by atoms with van der Waals surface area (Å²) in [7, 11) is 3.26.